The van der Waals surface area contributed by atoms with Gasteiger partial charge >= 0.3 is 5.97 Å². The number of methoxy groups -OCH3 is 2. The Morgan fingerprint density at radius 2 is 1.80 bits per heavy atom. The van der Waals surface area contributed by atoms with E-state index in [1.165, 1.54) is 18.4 Å². The Balaban J connectivity index is 1.41. The lowest BCUT2D eigenvalue weighted by Crippen LogP contribution is -2.09. The van der Waals surface area contributed by atoms with Crippen LogP contribution in [0.5, 0.6) is 17.2 Å². The van der Waals surface area contributed by atoms with E-state index in [2.05, 4.69) is 15.5 Å². The molecule has 0 saturated heterocycles. The number of rotatable bonds is 8. The van der Waals surface area contributed by atoms with Crippen molar-refractivity contribution in [2.45, 2.75) is 0 Å². The predicted octanol–water partition coefficient (Wildman–Crippen LogP) is 6.80. The van der Waals surface area contributed by atoms with Crippen LogP contribution in [0, 0.1) is 0 Å². The fraction of sp³-hybridized carbons (Fsp3) is 0.0800. The van der Waals surface area contributed by atoms with Crippen LogP contribution >= 0.6 is 34.5 Å². The molecule has 0 spiro atoms. The van der Waals surface area contributed by atoms with E-state index in [1.54, 1.807) is 67.9 Å². The van der Waals surface area contributed by atoms with Gasteiger partial charge in [0, 0.05) is 16.0 Å². The Labute approximate surface area is 215 Å². The number of nitrogens with zero attached hydrogens (tertiary/aromatic N) is 2. The van der Waals surface area contributed by atoms with Crippen LogP contribution in [-0.4, -0.2) is 31.4 Å². The van der Waals surface area contributed by atoms with Crippen molar-refractivity contribution in [2.75, 3.05) is 19.6 Å². The van der Waals surface area contributed by atoms with Gasteiger partial charge in [-0.15, -0.1) is 11.3 Å². The predicted molar refractivity (Wildman–Crippen MR) is 140 cm³/mol. The van der Waals surface area contributed by atoms with E-state index >= 15 is 0 Å². The fourth-order valence-electron chi connectivity index (χ4n) is 3.04. The number of ether oxygens (including phenoxy) is 3. The average molecular weight is 528 g/mol. The summed E-state index contributed by atoms with van der Waals surface area (Å²) < 4.78 is 16.0. The molecular weight excluding hydrogens is 509 g/mol. The highest BCUT2D eigenvalue weighted by atomic mass is 35.5. The van der Waals surface area contributed by atoms with Crippen molar-refractivity contribution in [3.63, 3.8) is 0 Å². The number of esters is 1. The number of thiazole rings is 1. The van der Waals surface area contributed by atoms with Crippen molar-refractivity contribution >= 4 is 51.9 Å². The van der Waals surface area contributed by atoms with Crippen molar-refractivity contribution in [2.24, 2.45) is 5.10 Å². The second-order valence-electron chi connectivity index (χ2n) is 7.06. The zero-order chi connectivity index (χ0) is 24.8. The van der Waals surface area contributed by atoms with Gasteiger partial charge in [0.25, 0.3) is 0 Å². The first kappa shape index (κ1) is 24.5. The maximum atomic E-state index is 12.5. The molecule has 1 aromatic heterocycles. The van der Waals surface area contributed by atoms with Gasteiger partial charge in [-0.1, -0.05) is 23.2 Å². The summed E-state index contributed by atoms with van der Waals surface area (Å²) in [4.78, 5) is 17.0. The van der Waals surface area contributed by atoms with Gasteiger partial charge in [0.15, 0.2) is 11.5 Å². The van der Waals surface area contributed by atoms with Crippen LogP contribution in [0.3, 0.4) is 0 Å². The van der Waals surface area contributed by atoms with E-state index < -0.39 is 5.97 Å². The Morgan fingerprint density at radius 3 is 2.51 bits per heavy atom. The largest absolute Gasteiger partial charge is 0.497 e. The van der Waals surface area contributed by atoms with Gasteiger partial charge in [-0.3, -0.25) is 5.43 Å². The Bertz CT molecular complexity index is 1370. The van der Waals surface area contributed by atoms with Gasteiger partial charge in [0.1, 0.15) is 5.75 Å². The molecule has 35 heavy (non-hydrogen) atoms. The number of carbonyl (C=O) groups excluding carboxylic acids is 1. The molecule has 4 rings (SSSR count). The zero-order valence-corrected chi connectivity index (χ0v) is 20.9. The molecule has 0 bridgehead atoms. The highest BCUT2D eigenvalue weighted by Gasteiger charge is 2.13. The van der Waals surface area contributed by atoms with E-state index in [-0.39, 0.29) is 0 Å². The summed E-state index contributed by atoms with van der Waals surface area (Å²) in [5, 5.41) is 7.79. The molecule has 0 fully saturated rings. The molecule has 0 atom stereocenters. The molecule has 0 amide bonds. The third-order valence-corrected chi connectivity index (χ3v) is 6.10. The minimum absolute atomic E-state index is 0.294. The lowest BCUT2D eigenvalue weighted by Gasteiger charge is -2.10. The lowest BCUT2D eigenvalue weighted by atomic mass is 10.2. The molecular formula is C25H19Cl2N3O4S. The molecule has 0 aliphatic carbocycles. The quantitative estimate of drug-likeness (QED) is 0.117. The van der Waals surface area contributed by atoms with Crippen LogP contribution in [0.15, 0.2) is 71.1 Å². The molecule has 178 valence electrons. The molecule has 1 heterocycles. The van der Waals surface area contributed by atoms with E-state index in [9.17, 15) is 4.79 Å². The first-order valence-corrected chi connectivity index (χ1v) is 11.8. The van der Waals surface area contributed by atoms with Crippen LogP contribution in [-0.2, 0) is 0 Å². The van der Waals surface area contributed by atoms with Crippen molar-refractivity contribution in [3.05, 3.63) is 87.2 Å². The SMILES string of the molecule is COc1ccc(C(=O)Oc2ccc(/C=N\Nc3nc(-c4ccc(Cl)cc4Cl)cs3)cc2OC)cc1. The molecule has 0 aliphatic rings. The van der Waals surface area contributed by atoms with Crippen molar-refractivity contribution in [1.29, 1.82) is 0 Å². The van der Waals surface area contributed by atoms with Gasteiger partial charge in [-0.05, 0) is 66.2 Å². The minimum Gasteiger partial charge on any atom is -0.497 e. The normalized spacial score (nSPS) is 10.9. The number of hydrogen-bond donors (Lipinski definition) is 1. The maximum absolute atomic E-state index is 12.5. The molecule has 4 aromatic rings. The van der Waals surface area contributed by atoms with Gasteiger partial charge < -0.3 is 14.2 Å². The smallest absolute Gasteiger partial charge is 0.343 e. The van der Waals surface area contributed by atoms with Crippen LogP contribution in [0.2, 0.25) is 10.0 Å². The molecule has 0 aliphatic heterocycles. The fourth-order valence-corrected chi connectivity index (χ4v) is 4.21. The topological polar surface area (TPSA) is 82.0 Å². The van der Waals surface area contributed by atoms with Crippen LogP contribution in [0.4, 0.5) is 5.13 Å². The number of nitrogens with one attached hydrogen (secondary N) is 1. The van der Waals surface area contributed by atoms with Crippen molar-refractivity contribution < 1.29 is 19.0 Å². The van der Waals surface area contributed by atoms with E-state index in [0.717, 1.165) is 16.8 Å². The average Bonchev–Trinajstić information content (AvgIpc) is 3.33. The number of hydrogen-bond acceptors (Lipinski definition) is 8. The Hall–Kier alpha value is -3.59. The number of halogens is 2. The zero-order valence-electron chi connectivity index (χ0n) is 18.6. The summed E-state index contributed by atoms with van der Waals surface area (Å²) in [6.45, 7) is 0. The standard InChI is InChI=1S/C25H19Cl2N3O4S/c1-32-18-7-4-16(5-8-18)24(31)34-22-10-3-15(11-23(22)33-2)13-28-30-25-29-21(14-35-25)19-9-6-17(26)12-20(19)27/h3-14H,1-2H3,(H,29,30)/b28-13-. The molecule has 1 N–H and O–H groups in total. The van der Waals surface area contributed by atoms with Crippen molar-refractivity contribution in [3.8, 4) is 28.5 Å². The minimum atomic E-state index is -0.505. The molecule has 10 heteroatoms. The second-order valence-corrected chi connectivity index (χ2v) is 8.76. The first-order valence-electron chi connectivity index (χ1n) is 10.2. The molecule has 0 unspecified atom stereocenters. The summed E-state index contributed by atoms with van der Waals surface area (Å²) in [5.74, 6) is 0.834. The lowest BCUT2D eigenvalue weighted by molar-refractivity contribution is 0.0729. The van der Waals surface area contributed by atoms with Crippen LogP contribution in [0.25, 0.3) is 11.3 Å². The third-order valence-electron chi connectivity index (χ3n) is 4.80. The van der Waals surface area contributed by atoms with Gasteiger partial charge in [-0.25, -0.2) is 9.78 Å². The second kappa shape index (κ2) is 11.2. The van der Waals surface area contributed by atoms with Gasteiger partial charge in [0.2, 0.25) is 5.13 Å². The molecule has 7 nitrogen and oxygen atoms in total. The van der Waals surface area contributed by atoms with E-state index in [4.69, 9.17) is 37.4 Å². The van der Waals surface area contributed by atoms with E-state index in [1.807, 2.05) is 11.4 Å². The van der Waals surface area contributed by atoms with Gasteiger partial charge in [0.05, 0.1) is 36.7 Å². The maximum Gasteiger partial charge on any atom is 0.343 e. The first-order chi connectivity index (χ1) is 17.0. The number of anilines is 1. The van der Waals surface area contributed by atoms with E-state index in [0.29, 0.717) is 38.0 Å². The number of hydrazone groups is 1. The summed E-state index contributed by atoms with van der Waals surface area (Å²) in [6.07, 6.45) is 1.61. The number of benzene rings is 3. The highest BCUT2D eigenvalue weighted by molar-refractivity contribution is 7.14. The molecule has 0 radical (unpaired) electrons. The summed E-state index contributed by atoms with van der Waals surface area (Å²) in [5.41, 5.74) is 5.53. The Morgan fingerprint density at radius 1 is 1.00 bits per heavy atom. The number of aromatic nitrogens is 1. The highest BCUT2D eigenvalue weighted by Crippen LogP contribution is 2.32. The summed E-state index contributed by atoms with van der Waals surface area (Å²) in [6, 6.07) is 17.0. The Kier molecular flexibility index (Phi) is 7.87. The third kappa shape index (κ3) is 6.10. The molecule has 3 aromatic carbocycles. The van der Waals surface area contributed by atoms with Crippen molar-refractivity contribution in [1.82, 2.24) is 4.98 Å². The molecule has 0 saturated carbocycles. The number of carbonyl (C=O) groups is 1. The van der Waals surface area contributed by atoms with Gasteiger partial charge in [-0.2, -0.15) is 5.10 Å². The van der Waals surface area contributed by atoms with Crippen LogP contribution < -0.4 is 19.6 Å². The van der Waals surface area contributed by atoms with Crippen LogP contribution in [0.1, 0.15) is 15.9 Å². The summed E-state index contributed by atoms with van der Waals surface area (Å²) in [7, 11) is 3.06. The summed E-state index contributed by atoms with van der Waals surface area (Å²) >= 11 is 13.6. The monoisotopic (exact) mass is 527 g/mol.